The lowest BCUT2D eigenvalue weighted by molar-refractivity contribution is -0.137. The summed E-state index contributed by atoms with van der Waals surface area (Å²) in [5, 5.41) is 10.7. The van der Waals surface area contributed by atoms with Gasteiger partial charge in [0.15, 0.2) is 4.34 Å². The van der Waals surface area contributed by atoms with E-state index in [4.69, 9.17) is 0 Å². The van der Waals surface area contributed by atoms with Crippen molar-refractivity contribution in [3.8, 4) is 0 Å². The van der Waals surface area contributed by atoms with Crippen LogP contribution in [0.1, 0.15) is 24.2 Å². The van der Waals surface area contributed by atoms with E-state index in [1.165, 1.54) is 23.2 Å². The summed E-state index contributed by atoms with van der Waals surface area (Å²) in [6, 6.07) is 6.27. The van der Waals surface area contributed by atoms with E-state index in [2.05, 4.69) is 20.3 Å². The van der Waals surface area contributed by atoms with Crippen LogP contribution in [-0.2, 0) is 19.6 Å². The average molecular weight is 445 g/mol. The number of amides is 1. The van der Waals surface area contributed by atoms with Crippen LogP contribution < -0.4 is 9.62 Å². The molecule has 1 aromatic carbocycles. The third-order valence-corrected chi connectivity index (χ3v) is 7.39. The number of hydrogen-bond donors (Lipinski definition) is 1. The molecular weight excluding hydrogens is 424 g/mol. The average Bonchev–Trinajstić information content (AvgIpc) is 3.14. The van der Waals surface area contributed by atoms with E-state index in [9.17, 15) is 18.0 Å². The van der Waals surface area contributed by atoms with Gasteiger partial charge in [-0.25, -0.2) is 8.42 Å². The minimum atomic E-state index is -3.37. The van der Waals surface area contributed by atoms with Crippen molar-refractivity contribution < 1.29 is 22.7 Å². The van der Waals surface area contributed by atoms with Gasteiger partial charge in [-0.2, -0.15) is 0 Å². The minimum Gasteiger partial charge on any atom is -0.468 e. The molecule has 0 saturated carbocycles. The van der Waals surface area contributed by atoms with E-state index in [1.807, 2.05) is 0 Å². The Morgan fingerprint density at radius 3 is 2.46 bits per heavy atom. The molecule has 2 aromatic rings. The zero-order valence-corrected chi connectivity index (χ0v) is 18.0. The van der Waals surface area contributed by atoms with Crippen molar-refractivity contribution in [2.45, 2.75) is 18.2 Å². The van der Waals surface area contributed by atoms with Crippen molar-refractivity contribution in [2.24, 2.45) is 0 Å². The summed E-state index contributed by atoms with van der Waals surface area (Å²) in [6.45, 7) is 3.64. The summed E-state index contributed by atoms with van der Waals surface area (Å²) in [7, 11) is -2.07. The highest BCUT2D eigenvalue weighted by molar-refractivity contribution is 8.01. The molecule has 2 rings (SSSR count). The third kappa shape index (κ3) is 5.66. The lowest BCUT2D eigenvalue weighted by Crippen LogP contribution is -2.32. The van der Waals surface area contributed by atoms with Crippen LogP contribution in [0.5, 0.6) is 0 Å². The molecule has 0 unspecified atom stereocenters. The Balaban J connectivity index is 2.03. The molecule has 28 heavy (non-hydrogen) atoms. The number of hydrogen-bond acceptors (Lipinski definition) is 9. The summed E-state index contributed by atoms with van der Waals surface area (Å²) < 4.78 is 30.6. The molecule has 0 atom stereocenters. The first-order valence-electron chi connectivity index (χ1n) is 8.25. The van der Waals surface area contributed by atoms with Gasteiger partial charge in [-0.05, 0) is 38.1 Å². The number of methoxy groups -OCH3 is 1. The maximum Gasteiger partial charge on any atom is 0.316 e. The van der Waals surface area contributed by atoms with Crippen LogP contribution in [0.25, 0.3) is 0 Å². The molecule has 12 heteroatoms. The van der Waals surface area contributed by atoms with Crippen molar-refractivity contribution in [3.05, 3.63) is 29.8 Å². The number of carbonyl (C=O) groups excluding carboxylic acids is 2. The van der Waals surface area contributed by atoms with E-state index in [0.717, 1.165) is 11.3 Å². The Morgan fingerprint density at radius 2 is 1.89 bits per heavy atom. The van der Waals surface area contributed by atoms with E-state index < -0.39 is 15.9 Å². The van der Waals surface area contributed by atoms with Gasteiger partial charge >= 0.3 is 5.97 Å². The van der Waals surface area contributed by atoms with Crippen LogP contribution in [0.2, 0.25) is 0 Å². The maximum absolute atomic E-state index is 12.4. The van der Waals surface area contributed by atoms with Crippen LogP contribution in [-0.4, -0.2) is 55.7 Å². The first kappa shape index (κ1) is 22.1. The van der Waals surface area contributed by atoms with Gasteiger partial charge in [-0.15, -0.1) is 10.2 Å². The summed E-state index contributed by atoms with van der Waals surface area (Å²) in [5.74, 6) is -0.670. The second kappa shape index (κ2) is 9.85. The van der Waals surface area contributed by atoms with Crippen LogP contribution in [0.4, 0.5) is 10.8 Å². The maximum atomic E-state index is 12.4. The fraction of sp³-hybridized carbons (Fsp3) is 0.375. The Morgan fingerprint density at radius 1 is 1.21 bits per heavy atom. The standard InChI is InChI=1S/C16H20N4O5S3/c1-4-20(28(23,24)5-2)12-8-6-11(7-9-12)14(22)17-15-18-19-16(27-15)26-10-13(21)25-3/h6-9H,4-5,10H2,1-3H3,(H,17,18,22). The SMILES string of the molecule is CCN(c1ccc(C(=O)Nc2nnc(SCC(=O)OC)s2)cc1)S(=O)(=O)CC. The molecule has 0 bridgehead atoms. The van der Waals surface area contributed by atoms with Gasteiger partial charge < -0.3 is 4.74 Å². The third-order valence-electron chi connectivity index (χ3n) is 3.57. The molecule has 152 valence electrons. The van der Waals surface area contributed by atoms with Gasteiger partial charge in [0, 0.05) is 12.1 Å². The van der Waals surface area contributed by atoms with Crippen LogP contribution in [0.3, 0.4) is 0 Å². The largest absolute Gasteiger partial charge is 0.468 e. The van der Waals surface area contributed by atoms with Crippen molar-refractivity contribution >= 4 is 55.8 Å². The summed E-state index contributed by atoms with van der Waals surface area (Å²) >= 11 is 2.31. The number of nitrogens with zero attached hydrogens (tertiary/aromatic N) is 3. The van der Waals surface area contributed by atoms with Crippen LogP contribution in [0, 0.1) is 0 Å². The Hall–Kier alpha value is -2.18. The minimum absolute atomic E-state index is 0.00352. The zero-order valence-electron chi connectivity index (χ0n) is 15.5. The zero-order chi connectivity index (χ0) is 20.7. The second-order valence-corrected chi connectivity index (χ2v) is 9.69. The lowest BCUT2D eigenvalue weighted by atomic mass is 10.2. The molecule has 0 fully saturated rings. The van der Waals surface area contributed by atoms with Gasteiger partial charge in [-0.1, -0.05) is 23.1 Å². The van der Waals surface area contributed by atoms with Gasteiger partial charge in [0.25, 0.3) is 5.91 Å². The number of ether oxygens (including phenoxy) is 1. The second-order valence-electron chi connectivity index (χ2n) is 5.30. The van der Waals surface area contributed by atoms with Crippen molar-refractivity contribution in [1.29, 1.82) is 0 Å². The molecule has 1 heterocycles. The van der Waals surface area contributed by atoms with E-state index >= 15 is 0 Å². The normalized spacial score (nSPS) is 11.1. The number of nitrogens with one attached hydrogen (secondary N) is 1. The van der Waals surface area contributed by atoms with Gasteiger partial charge in [0.05, 0.1) is 24.3 Å². The number of sulfonamides is 1. The van der Waals surface area contributed by atoms with E-state index in [0.29, 0.717) is 27.3 Å². The van der Waals surface area contributed by atoms with Gasteiger partial charge in [-0.3, -0.25) is 19.2 Å². The molecule has 0 radical (unpaired) electrons. The Bertz CT molecular complexity index is 928. The Labute approximate surface area is 171 Å². The quantitative estimate of drug-likeness (QED) is 0.355. The van der Waals surface area contributed by atoms with Crippen molar-refractivity contribution in [3.63, 3.8) is 0 Å². The molecule has 1 aromatic heterocycles. The molecule has 0 aliphatic rings. The molecule has 9 nitrogen and oxygen atoms in total. The first-order valence-corrected chi connectivity index (χ1v) is 11.7. The first-order chi connectivity index (χ1) is 13.3. The van der Waals surface area contributed by atoms with E-state index in [-0.39, 0.29) is 17.5 Å². The number of thioether (sulfide) groups is 1. The number of aromatic nitrogens is 2. The molecule has 0 saturated heterocycles. The molecule has 1 amide bonds. The molecule has 0 aliphatic heterocycles. The molecule has 1 N–H and O–H groups in total. The summed E-state index contributed by atoms with van der Waals surface area (Å²) in [4.78, 5) is 23.5. The number of anilines is 2. The topological polar surface area (TPSA) is 119 Å². The molecule has 0 spiro atoms. The number of rotatable bonds is 9. The van der Waals surface area contributed by atoms with Crippen molar-refractivity contribution in [1.82, 2.24) is 10.2 Å². The summed E-state index contributed by atoms with van der Waals surface area (Å²) in [5.41, 5.74) is 0.853. The van der Waals surface area contributed by atoms with Gasteiger partial charge in [0.1, 0.15) is 0 Å². The number of carbonyl (C=O) groups is 2. The van der Waals surface area contributed by atoms with Crippen molar-refractivity contribution in [2.75, 3.05) is 34.8 Å². The number of esters is 1. The fourth-order valence-electron chi connectivity index (χ4n) is 2.14. The fourth-order valence-corrected chi connectivity index (χ4v) is 4.87. The monoisotopic (exact) mass is 444 g/mol. The molecule has 0 aliphatic carbocycles. The predicted molar refractivity (Wildman–Crippen MR) is 110 cm³/mol. The van der Waals surface area contributed by atoms with Crippen LogP contribution >= 0.6 is 23.1 Å². The molecular formula is C16H20N4O5S3. The lowest BCUT2D eigenvalue weighted by Gasteiger charge is -2.22. The highest BCUT2D eigenvalue weighted by atomic mass is 32.2. The van der Waals surface area contributed by atoms with E-state index in [1.54, 1.807) is 38.1 Å². The van der Waals surface area contributed by atoms with Gasteiger partial charge in [0.2, 0.25) is 15.2 Å². The van der Waals surface area contributed by atoms with Crippen LogP contribution in [0.15, 0.2) is 28.6 Å². The Kier molecular flexibility index (Phi) is 7.78. The predicted octanol–water partition coefficient (Wildman–Crippen LogP) is 2.23. The highest BCUT2D eigenvalue weighted by Crippen LogP contribution is 2.26. The number of benzene rings is 1. The summed E-state index contributed by atoms with van der Waals surface area (Å²) in [6.07, 6.45) is 0. The highest BCUT2D eigenvalue weighted by Gasteiger charge is 2.19. The smallest absolute Gasteiger partial charge is 0.316 e.